The Hall–Kier alpha value is -1.92. The summed E-state index contributed by atoms with van der Waals surface area (Å²) in [4.78, 5) is 24.3. The number of nitrogens with one attached hydrogen (secondary N) is 2. The third-order valence-electron chi connectivity index (χ3n) is 5.92. The number of hydrogen-bond donors (Lipinski definition) is 2. The molecule has 1 aromatic rings. The molecule has 1 aliphatic carbocycles. The van der Waals surface area contributed by atoms with E-state index in [1.807, 2.05) is 0 Å². The molecule has 0 bridgehead atoms. The molecule has 1 aromatic carbocycles. The van der Waals surface area contributed by atoms with Gasteiger partial charge in [-0.2, -0.15) is 0 Å². The van der Waals surface area contributed by atoms with Gasteiger partial charge in [0, 0.05) is 12.3 Å². The van der Waals surface area contributed by atoms with E-state index in [0.29, 0.717) is 19.6 Å². The van der Waals surface area contributed by atoms with Crippen molar-refractivity contribution < 1.29 is 19.1 Å². The van der Waals surface area contributed by atoms with Gasteiger partial charge in [-0.25, -0.2) is 0 Å². The van der Waals surface area contributed by atoms with E-state index in [1.54, 1.807) is 0 Å². The van der Waals surface area contributed by atoms with E-state index in [4.69, 9.17) is 9.47 Å². The molecule has 3 fully saturated rings. The van der Waals surface area contributed by atoms with Gasteiger partial charge >= 0.3 is 0 Å². The molecule has 4 atom stereocenters. The topological polar surface area (TPSA) is 76.7 Å². The largest absolute Gasteiger partial charge is 0.371 e. The van der Waals surface area contributed by atoms with Crippen LogP contribution in [-0.2, 0) is 25.5 Å². The average Bonchev–Trinajstić information content (AvgIpc) is 3.36. The number of rotatable bonds is 8. The summed E-state index contributed by atoms with van der Waals surface area (Å²) in [6.07, 6.45) is 5.01. The molecule has 0 spiro atoms. The molecule has 2 heterocycles. The molecule has 4 rings (SSSR count). The predicted molar refractivity (Wildman–Crippen MR) is 105 cm³/mol. The standard InChI is InChI=1S/C22H30N2O4/c1-14-6-8-15(9-7-14)4-2-3-5-19(25)23-17-12-27-21-18(13-28-20(17)21)24-22(26)16-10-11-16/h6-9,16-18,20-21H,2-5,10-13H2,1H3,(H,23,25)(H,24,26)/t17-,18-,20+,21+/m0/s1. The Morgan fingerprint density at radius 1 is 0.964 bits per heavy atom. The van der Waals surface area contributed by atoms with Crippen LogP contribution in [-0.4, -0.2) is 49.3 Å². The summed E-state index contributed by atoms with van der Waals surface area (Å²) in [7, 11) is 0. The minimum absolute atomic E-state index is 0.0484. The van der Waals surface area contributed by atoms with E-state index in [1.165, 1.54) is 11.1 Å². The Morgan fingerprint density at radius 2 is 1.61 bits per heavy atom. The zero-order valence-corrected chi connectivity index (χ0v) is 16.5. The van der Waals surface area contributed by atoms with Crippen molar-refractivity contribution in [3.05, 3.63) is 35.4 Å². The number of hydrogen-bond acceptors (Lipinski definition) is 4. The molecule has 2 aliphatic heterocycles. The number of carbonyl (C=O) groups excluding carboxylic acids is 2. The highest BCUT2D eigenvalue weighted by molar-refractivity contribution is 5.81. The molecule has 0 aromatic heterocycles. The maximum absolute atomic E-state index is 12.3. The van der Waals surface area contributed by atoms with Gasteiger partial charge in [0.2, 0.25) is 11.8 Å². The van der Waals surface area contributed by atoms with Crippen LogP contribution in [0, 0.1) is 12.8 Å². The molecular formula is C22H30N2O4. The summed E-state index contributed by atoms with van der Waals surface area (Å²) in [6, 6.07) is 8.33. The van der Waals surface area contributed by atoms with Crippen LogP contribution in [0.1, 0.15) is 43.2 Å². The quantitative estimate of drug-likeness (QED) is 0.669. The molecule has 1 saturated carbocycles. The van der Waals surface area contributed by atoms with Gasteiger partial charge < -0.3 is 20.1 Å². The van der Waals surface area contributed by atoms with Crippen LogP contribution in [0.25, 0.3) is 0 Å². The summed E-state index contributed by atoms with van der Waals surface area (Å²) in [5, 5.41) is 6.11. The molecule has 28 heavy (non-hydrogen) atoms. The lowest BCUT2D eigenvalue weighted by atomic mass is 10.0. The second kappa shape index (κ2) is 8.62. The second-order valence-electron chi connectivity index (χ2n) is 8.35. The first kappa shape index (κ1) is 19.4. The predicted octanol–water partition coefficient (Wildman–Crippen LogP) is 1.89. The fraction of sp³-hybridized carbons (Fsp3) is 0.636. The van der Waals surface area contributed by atoms with Gasteiger partial charge in [-0.15, -0.1) is 0 Å². The summed E-state index contributed by atoms with van der Waals surface area (Å²) in [5.74, 6) is 0.335. The first-order valence-electron chi connectivity index (χ1n) is 10.5. The summed E-state index contributed by atoms with van der Waals surface area (Å²) in [6.45, 7) is 2.99. The van der Waals surface area contributed by atoms with Crippen LogP contribution in [0.15, 0.2) is 24.3 Å². The smallest absolute Gasteiger partial charge is 0.223 e. The fourth-order valence-electron chi connectivity index (χ4n) is 4.04. The van der Waals surface area contributed by atoms with Gasteiger partial charge in [0.15, 0.2) is 0 Å². The SMILES string of the molecule is Cc1ccc(CCCCC(=O)N[C@H]2CO[C@H]3[C@@H]2OC[C@@H]3NC(=O)C2CC2)cc1. The van der Waals surface area contributed by atoms with Gasteiger partial charge in [-0.1, -0.05) is 29.8 Å². The Morgan fingerprint density at radius 3 is 2.25 bits per heavy atom. The van der Waals surface area contributed by atoms with Crippen LogP contribution in [0.3, 0.4) is 0 Å². The first-order valence-corrected chi connectivity index (χ1v) is 10.5. The van der Waals surface area contributed by atoms with Crippen molar-refractivity contribution in [2.45, 2.75) is 69.7 Å². The lowest BCUT2D eigenvalue weighted by Crippen LogP contribution is -2.47. The molecule has 6 heteroatoms. The van der Waals surface area contributed by atoms with Gasteiger partial charge in [0.1, 0.15) is 12.2 Å². The molecule has 6 nitrogen and oxygen atoms in total. The van der Waals surface area contributed by atoms with Crippen molar-refractivity contribution >= 4 is 11.8 Å². The zero-order valence-electron chi connectivity index (χ0n) is 16.5. The lowest BCUT2D eigenvalue weighted by Gasteiger charge is -2.18. The number of amides is 2. The molecule has 2 amide bonds. The Labute approximate surface area is 166 Å². The Bertz CT molecular complexity index is 701. The molecule has 152 valence electrons. The molecule has 2 N–H and O–H groups in total. The van der Waals surface area contributed by atoms with E-state index >= 15 is 0 Å². The number of unbranched alkanes of at least 4 members (excludes halogenated alkanes) is 1. The van der Waals surface area contributed by atoms with Gasteiger partial charge in [0.05, 0.1) is 25.3 Å². The number of benzene rings is 1. The highest BCUT2D eigenvalue weighted by Gasteiger charge is 2.49. The van der Waals surface area contributed by atoms with Gasteiger partial charge in [0.25, 0.3) is 0 Å². The summed E-state index contributed by atoms with van der Waals surface area (Å²) < 4.78 is 11.7. The minimum atomic E-state index is -0.166. The zero-order chi connectivity index (χ0) is 19.5. The van der Waals surface area contributed by atoms with Crippen LogP contribution < -0.4 is 10.6 Å². The molecule has 2 saturated heterocycles. The number of carbonyl (C=O) groups is 2. The van der Waals surface area contributed by atoms with E-state index in [2.05, 4.69) is 41.8 Å². The van der Waals surface area contributed by atoms with Crippen molar-refractivity contribution in [2.75, 3.05) is 13.2 Å². The van der Waals surface area contributed by atoms with Crippen molar-refractivity contribution in [3.63, 3.8) is 0 Å². The van der Waals surface area contributed by atoms with Crippen LogP contribution >= 0.6 is 0 Å². The summed E-state index contributed by atoms with van der Waals surface area (Å²) >= 11 is 0. The average molecular weight is 386 g/mol. The molecule has 3 aliphatic rings. The van der Waals surface area contributed by atoms with Crippen LogP contribution in [0.2, 0.25) is 0 Å². The van der Waals surface area contributed by atoms with Crippen molar-refractivity contribution in [1.82, 2.24) is 10.6 Å². The summed E-state index contributed by atoms with van der Waals surface area (Å²) in [5.41, 5.74) is 2.58. The van der Waals surface area contributed by atoms with Crippen molar-refractivity contribution in [2.24, 2.45) is 5.92 Å². The third kappa shape index (κ3) is 4.73. The van der Waals surface area contributed by atoms with Gasteiger partial charge in [-0.05, 0) is 44.6 Å². The lowest BCUT2D eigenvalue weighted by molar-refractivity contribution is -0.123. The van der Waals surface area contributed by atoms with E-state index < -0.39 is 0 Å². The van der Waals surface area contributed by atoms with E-state index in [-0.39, 0.29) is 42.0 Å². The first-order chi connectivity index (χ1) is 13.6. The third-order valence-corrected chi connectivity index (χ3v) is 5.92. The maximum atomic E-state index is 12.3. The monoisotopic (exact) mass is 386 g/mol. The fourth-order valence-corrected chi connectivity index (χ4v) is 4.04. The Balaban J connectivity index is 1.16. The highest BCUT2D eigenvalue weighted by atomic mass is 16.6. The maximum Gasteiger partial charge on any atom is 0.223 e. The minimum Gasteiger partial charge on any atom is -0.371 e. The van der Waals surface area contributed by atoms with E-state index in [0.717, 1.165) is 32.1 Å². The van der Waals surface area contributed by atoms with Crippen molar-refractivity contribution in [1.29, 1.82) is 0 Å². The molecule has 0 unspecified atom stereocenters. The number of aryl methyl sites for hydroxylation is 2. The second-order valence-corrected chi connectivity index (χ2v) is 8.35. The van der Waals surface area contributed by atoms with Crippen LogP contribution in [0.5, 0.6) is 0 Å². The van der Waals surface area contributed by atoms with E-state index in [9.17, 15) is 9.59 Å². The number of ether oxygens (including phenoxy) is 2. The van der Waals surface area contributed by atoms with Crippen LogP contribution in [0.4, 0.5) is 0 Å². The Kier molecular flexibility index (Phi) is 5.97. The normalized spacial score (nSPS) is 28.8. The number of fused-ring (bicyclic) bond motifs is 1. The van der Waals surface area contributed by atoms with Gasteiger partial charge in [-0.3, -0.25) is 9.59 Å². The molecule has 0 radical (unpaired) electrons. The van der Waals surface area contributed by atoms with Crippen molar-refractivity contribution in [3.8, 4) is 0 Å². The molecular weight excluding hydrogens is 356 g/mol. The highest BCUT2D eigenvalue weighted by Crippen LogP contribution is 2.31.